The van der Waals surface area contributed by atoms with E-state index in [1.807, 2.05) is 54.0 Å². The average molecular weight is 442 g/mol. The molecule has 0 atom stereocenters. The lowest BCUT2D eigenvalue weighted by atomic mass is 10.2. The maximum Gasteiger partial charge on any atom is 0.246 e. The Hall–Kier alpha value is -2.75. The van der Waals surface area contributed by atoms with Gasteiger partial charge in [0, 0.05) is 32.4 Å². The molecule has 0 amide bonds. The predicted molar refractivity (Wildman–Crippen MR) is 118 cm³/mol. The number of para-hydroxylation sites is 1. The van der Waals surface area contributed by atoms with Gasteiger partial charge in [0.15, 0.2) is 0 Å². The van der Waals surface area contributed by atoms with Crippen LogP contribution in [-0.4, -0.2) is 39.3 Å². The summed E-state index contributed by atoms with van der Waals surface area (Å²) in [6, 6.07) is 13.8. The molecule has 3 aromatic heterocycles. The van der Waals surface area contributed by atoms with Crippen LogP contribution in [0.3, 0.4) is 0 Å². The molecule has 0 unspecified atom stereocenters. The van der Waals surface area contributed by atoms with Crippen molar-refractivity contribution < 1.29 is 8.42 Å². The minimum atomic E-state index is -3.70. The highest BCUT2D eigenvalue weighted by Gasteiger charge is 2.29. The highest BCUT2D eigenvalue weighted by Crippen LogP contribution is 2.30. The molecule has 4 aromatic rings. The molecule has 0 spiro atoms. The molecule has 7 nitrogen and oxygen atoms in total. The molecule has 30 heavy (non-hydrogen) atoms. The molecule has 0 aliphatic heterocycles. The number of aromatic nitrogens is 4. The Kier molecular flexibility index (Phi) is 5.35. The molecule has 0 bridgehead atoms. The standard InChI is InChI=1S/C21H23N5O2S2/c1-15-21(16(2)25(4)22-15)30(27,28)24(3)13-17-14-26(18-9-6-5-7-10-18)23-20(17)19-11-8-12-29-19/h5-12,14H,13H2,1-4H3. The first kappa shape index (κ1) is 20.5. The zero-order chi connectivity index (χ0) is 21.5. The minimum absolute atomic E-state index is 0.205. The van der Waals surface area contributed by atoms with E-state index >= 15 is 0 Å². The highest BCUT2D eigenvalue weighted by molar-refractivity contribution is 7.89. The van der Waals surface area contributed by atoms with E-state index < -0.39 is 10.0 Å². The van der Waals surface area contributed by atoms with Crippen molar-refractivity contribution in [1.29, 1.82) is 0 Å². The van der Waals surface area contributed by atoms with E-state index in [0.717, 1.165) is 21.8 Å². The summed E-state index contributed by atoms with van der Waals surface area (Å²) in [5.41, 5.74) is 3.67. The third-order valence-electron chi connectivity index (χ3n) is 5.07. The molecule has 1 aromatic carbocycles. The van der Waals surface area contributed by atoms with E-state index in [2.05, 4.69) is 5.10 Å². The number of aryl methyl sites for hydroxylation is 2. The second kappa shape index (κ2) is 7.82. The second-order valence-corrected chi connectivity index (χ2v) is 10.1. The first-order valence-corrected chi connectivity index (χ1v) is 11.8. The van der Waals surface area contributed by atoms with Crippen LogP contribution in [0.1, 0.15) is 17.0 Å². The van der Waals surface area contributed by atoms with Crippen LogP contribution in [0.15, 0.2) is 58.9 Å². The van der Waals surface area contributed by atoms with Crippen LogP contribution in [0, 0.1) is 13.8 Å². The van der Waals surface area contributed by atoms with Crippen LogP contribution in [0.5, 0.6) is 0 Å². The van der Waals surface area contributed by atoms with Crippen LogP contribution >= 0.6 is 11.3 Å². The van der Waals surface area contributed by atoms with Crippen molar-refractivity contribution in [3.8, 4) is 16.3 Å². The van der Waals surface area contributed by atoms with Gasteiger partial charge in [-0.3, -0.25) is 4.68 Å². The van der Waals surface area contributed by atoms with E-state index in [0.29, 0.717) is 11.4 Å². The lowest BCUT2D eigenvalue weighted by molar-refractivity contribution is 0.466. The van der Waals surface area contributed by atoms with Crippen LogP contribution in [0.25, 0.3) is 16.3 Å². The number of nitrogens with zero attached hydrogens (tertiary/aromatic N) is 5. The van der Waals surface area contributed by atoms with Gasteiger partial charge in [-0.15, -0.1) is 11.3 Å². The van der Waals surface area contributed by atoms with E-state index in [9.17, 15) is 8.42 Å². The van der Waals surface area contributed by atoms with Crippen LogP contribution in [0.2, 0.25) is 0 Å². The molecule has 0 saturated carbocycles. The summed E-state index contributed by atoms with van der Waals surface area (Å²) in [6.07, 6.45) is 1.90. The van der Waals surface area contributed by atoms with Crippen molar-refractivity contribution in [2.75, 3.05) is 7.05 Å². The topological polar surface area (TPSA) is 73.0 Å². The van der Waals surface area contributed by atoms with Crippen molar-refractivity contribution in [2.45, 2.75) is 25.3 Å². The lowest BCUT2D eigenvalue weighted by Gasteiger charge is -2.17. The summed E-state index contributed by atoms with van der Waals surface area (Å²) in [4.78, 5) is 1.26. The summed E-state index contributed by atoms with van der Waals surface area (Å²) in [7, 11) is -0.356. The van der Waals surface area contributed by atoms with Crippen LogP contribution in [0.4, 0.5) is 0 Å². The fraction of sp³-hybridized carbons (Fsp3) is 0.238. The van der Waals surface area contributed by atoms with E-state index in [4.69, 9.17) is 5.10 Å². The van der Waals surface area contributed by atoms with Crippen molar-refractivity contribution in [2.24, 2.45) is 7.05 Å². The van der Waals surface area contributed by atoms with Crippen molar-refractivity contribution in [1.82, 2.24) is 23.9 Å². The number of rotatable bonds is 6. The number of benzene rings is 1. The van der Waals surface area contributed by atoms with Crippen molar-refractivity contribution in [3.05, 3.63) is 71.0 Å². The molecular weight excluding hydrogens is 418 g/mol. The summed E-state index contributed by atoms with van der Waals surface area (Å²) in [5.74, 6) is 0. The molecule has 9 heteroatoms. The molecule has 0 fully saturated rings. The molecule has 0 radical (unpaired) electrons. The van der Waals surface area contributed by atoms with Crippen LogP contribution in [-0.2, 0) is 23.6 Å². The van der Waals surface area contributed by atoms with Gasteiger partial charge in [-0.2, -0.15) is 14.5 Å². The van der Waals surface area contributed by atoms with Gasteiger partial charge in [0.05, 0.1) is 22.0 Å². The van der Waals surface area contributed by atoms with Gasteiger partial charge in [0.1, 0.15) is 10.6 Å². The first-order valence-electron chi connectivity index (χ1n) is 9.43. The van der Waals surface area contributed by atoms with Gasteiger partial charge in [-0.05, 0) is 37.4 Å². The van der Waals surface area contributed by atoms with Crippen molar-refractivity contribution >= 4 is 21.4 Å². The van der Waals surface area contributed by atoms with Gasteiger partial charge in [0.25, 0.3) is 0 Å². The molecule has 0 N–H and O–H groups in total. The summed E-state index contributed by atoms with van der Waals surface area (Å²) in [6.45, 7) is 3.69. The van der Waals surface area contributed by atoms with Gasteiger partial charge in [-0.25, -0.2) is 13.1 Å². The largest absolute Gasteiger partial charge is 0.271 e. The maximum absolute atomic E-state index is 13.3. The summed E-state index contributed by atoms with van der Waals surface area (Å²) < 4.78 is 31.4. The number of thiophene rings is 1. The Morgan fingerprint density at radius 3 is 2.40 bits per heavy atom. The van der Waals surface area contributed by atoms with Gasteiger partial charge >= 0.3 is 0 Å². The Labute approximate surface area is 180 Å². The third-order valence-corrected chi connectivity index (χ3v) is 8.00. The molecular formula is C21H23N5O2S2. The number of sulfonamides is 1. The van der Waals surface area contributed by atoms with Crippen LogP contribution < -0.4 is 0 Å². The fourth-order valence-corrected chi connectivity index (χ4v) is 5.75. The Morgan fingerprint density at radius 1 is 1.07 bits per heavy atom. The molecule has 0 saturated heterocycles. The SMILES string of the molecule is Cc1nn(C)c(C)c1S(=O)(=O)N(C)Cc1cn(-c2ccccc2)nc1-c1cccs1. The maximum atomic E-state index is 13.3. The fourth-order valence-electron chi connectivity index (χ4n) is 3.47. The monoisotopic (exact) mass is 441 g/mol. The summed E-state index contributed by atoms with van der Waals surface area (Å²) in [5, 5.41) is 11.0. The number of hydrogen-bond acceptors (Lipinski definition) is 5. The Balaban J connectivity index is 1.74. The normalized spacial score (nSPS) is 12.0. The third kappa shape index (κ3) is 3.60. The predicted octanol–water partition coefficient (Wildman–Crippen LogP) is 3.77. The summed E-state index contributed by atoms with van der Waals surface area (Å²) >= 11 is 1.58. The van der Waals surface area contributed by atoms with Gasteiger partial charge in [-0.1, -0.05) is 24.3 Å². The minimum Gasteiger partial charge on any atom is -0.271 e. The lowest BCUT2D eigenvalue weighted by Crippen LogP contribution is -2.27. The molecule has 0 aliphatic carbocycles. The Bertz CT molecular complexity index is 1270. The quantitative estimate of drug-likeness (QED) is 0.457. The Morgan fingerprint density at radius 2 is 1.80 bits per heavy atom. The van der Waals surface area contributed by atoms with Gasteiger partial charge in [0.2, 0.25) is 10.0 Å². The molecule has 3 heterocycles. The zero-order valence-corrected chi connectivity index (χ0v) is 18.9. The van der Waals surface area contributed by atoms with E-state index in [1.165, 1.54) is 4.31 Å². The average Bonchev–Trinajstić information content (AvgIpc) is 3.42. The van der Waals surface area contributed by atoms with Gasteiger partial charge < -0.3 is 0 Å². The van der Waals surface area contributed by atoms with E-state index in [-0.39, 0.29) is 11.4 Å². The zero-order valence-electron chi connectivity index (χ0n) is 17.3. The molecule has 156 valence electrons. The smallest absolute Gasteiger partial charge is 0.246 e. The van der Waals surface area contributed by atoms with E-state index in [1.54, 1.807) is 48.6 Å². The second-order valence-electron chi connectivity index (χ2n) is 7.14. The molecule has 4 rings (SSSR count). The molecule has 0 aliphatic rings. The first-order chi connectivity index (χ1) is 14.3. The highest BCUT2D eigenvalue weighted by atomic mass is 32.2. The number of hydrogen-bond donors (Lipinski definition) is 0. The van der Waals surface area contributed by atoms with Crippen molar-refractivity contribution in [3.63, 3.8) is 0 Å².